The van der Waals surface area contributed by atoms with Crippen LogP contribution in [0.5, 0.6) is 0 Å². The minimum atomic E-state index is 0.578. The molecule has 1 rings (SSSR count). The molecule has 0 saturated heterocycles. The quantitative estimate of drug-likeness (QED) is 0.753. The van der Waals surface area contributed by atoms with Gasteiger partial charge in [0.05, 0.1) is 6.61 Å². The maximum Gasteiger partial charge on any atom is 0.224 e. The summed E-state index contributed by atoms with van der Waals surface area (Å²) in [6, 6.07) is 2.04. The van der Waals surface area contributed by atoms with Crippen molar-refractivity contribution < 1.29 is 4.74 Å². The number of nitrogens with zero attached hydrogens (tertiary/aromatic N) is 3. The van der Waals surface area contributed by atoms with Gasteiger partial charge in [-0.2, -0.15) is 4.98 Å². The Morgan fingerprint density at radius 2 is 2.10 bits per heavy atom. The van der Waals surface area contributed by atoms with Crippen molar-refractivity contribution in [2.45, 2.75) is 34.1 Å². The van der Waals surface area contributed by atoms with Crippen molar-refractivity contribution in [3.05, 3.63) is 11.8 Å². The van der Waals surface area contributed by atoms with Gasteiger partial charge in [0.25, 0.3) is 0 Å². The van der Waals surface area contributed by atoms with E-state index in [4.69, 9.17) is 4.74 Å². The topological polar surface area (TPSA) is 50.3 Å². The van der Waals surface area contributed by atoms with Gasteiger partial charge in [-0.25, -0.2) is 4.98 Å². The van der Waals surface area contributed by atoms with Gasteiger partial charge >= 0.3 is 0 Å². The summed E-state index contributed by atoms with van der Waals surface area (Å²) in [4.78, 5) is 11.3. The molecule has 0 aliphatic rings. The Labute approximate surface area is 122 Å². The molecule has 1 heterocycles. The van der Waals surface area contributed by atoms with Crippen molar-refractivity contribution in [2.24, 2.45) is 5.92 Å². The van der Waals surface area contributed by atoms with Crippen LogP contribution < -0.4 is 10.2 Å². The first-order valence-corrected chi connectivity index (χ1v) is 7.40. The van der Waals surface area contributed by atoms with Crippen molar-refractivity contribution in [1.82, 2.24) is 9.97 Å². The molecular formula is C15H28N4O. The summed E-state index contributed by atoms with van der Waals surface area (Å²) in [6.45, 7) is 12.0. The minimum Gasteiger partial charge on any atom is -0.383 e. The molecule has 0 aliphatic carbocycles. The highest BCUT2D eigenvalue weighted by Gasteiger charge is 2.12. The standard InChI is InChI=1S/C15H28N4O/c1-6-7-16-15-17-13(4)10-14(18-15)19(8-9-20-5)11-12(2)3/h10,12H,6-9,11H2,1-5H3,(H,16,17,18). The number of hydrogen-bond acceptors (Lipinski definition) is 5. The average Bonchev–Trinajstić information content (AvgIpc) is 2.40. The fraction of sp³-hybridized carbons (Fsp3) is 0.733. The van der Waals surface area contributed by atoms with E-state index in [-0.39, 0.29) is 0 Å². The van der Waals surface area contributed by atoms with Crippen LogP contribution >= 0.6 is 0 Å². The number of rotatable bonds is 9. The van der Waals surface area contributed by atoms with Gasteiger partial charge in [0, 0.05) is 38.5 Å². The van der Waals surface area contributed by atoms with Crippen LogP contribution in [0.2, 0.25) is 0 Å². The zero-order valence-electron chi connectivity index (χ0n) is 13.4. The van der Waals surface area contributed by atoms with E-state index >= 15 is 0 Å². The highest BCUT2D eigenvalue weighted by Crippen LogP contribution is 2.16. The monoisotopic (exact) mass is 280 g/mol. The first kappa shape index (κ1) is 16.7. The number of aryl methyl sites for hydroxylation is 1. The van der Waals surface area contributed by atoms with E-state index in [1.807, 2.05) is 13.0 Å². The van der Waals surface area contributed by atoms with Crippen LogP contribution in [0.3, 0.4) is 0 Å². The number of nitrogens with one attached hydrogen (secondary N) is 1. The number of aromatic nitrogens is 2. The number of methoxy groups -OCH3 is 1. The predicted octanol–water partition coefficient (Wildman–Crippen LogP) is 2.72. The van der Waals surface area contributed by atoms with Crippen molar-refractivity contribution in [3.63, 3.8) is 0 Å². The van der Waals surface area contributed by atoms with Crippen LogP contribution in [-0.2, 0) is 4.74 Å². The van der Waals surface area contributed by atoms with E-state index in [1.54, 1.807) is 7.11 Å². The van der Waals surface area contributed by atoms with E-state index in [2.05, 4.69) is 41.0 Å². The molecule has 0 bridgehead atoms. The molecule has 20 heavy (non-hydrogen) atoms. The van der Waals surface area contributed by atoms with Crippen LogP contribution in [0, 0.1) is 12.8 Å². The molecule has 0 unspecified atom stereocenters. The molecule has 0 aliphatic heterocycles. The Morgan fingerprint density at radius 1 is 1.35 bits per heavy atom. The van der Waals surface area contributed by atoms with Crippen molar-refractivity contribution in [3.8, 4) is 0 Å². The van der Waals surface area contributed by atoms with Gasteiger partial charge in [-0.1, -0.05) is 20.8 Å². The predicted molar refractivity (Wildman–Crippen MR) is 84.5 cm³/mol. The summed E-state index contributed by atoms with van der Waals surface area (Å²) in [5.74, 6) is 2.27. The molecule has 1 N–H and O–H groups in total. The van der Waals surface area contributed by atoms with Gasteiger partial charge in [0.15, 0.2) is 0 Å². The molecule has 0 fully saturated rings. The van der Waals surface area contributed by atoms with Crippen molar-refractivity contribution >= 4 is 11.8 Å². The Kier molecular flexibility index (Phi) is 7.30. The van der Waals surface area contributed by atoms with Crippen LogP contribution in [-0.4, -0.2) is 43.3 Å². The number of ether oxygens (including phenoxy) is 1. The van der Waals surface area contributed by atoms with E-state index in [9.17, 15) is 0 Å². The molecule has 0 spiro atoms. The lowest BCUT2D eigenvalue weighted by Gasteiger charge is -2.26. The third-order valence-corrected chi connectivity index (χ3v) is 2.85. The molecule has 1 aromatic rings. The molecule has 0 amide bonds. The third kappa shape index (κ3) is 5.74. The molecule has 0 aromatic carbocycles. The number of anilines is 2. The summed E-state index contributed by atoms with van der Waals surface area (Å²) < 4.78 is 5.20. The average molecular weight is 280 g/mol. The molecular weight excluding hydrogens is 252 g/mol. The van der Waals surface area contributed by atoms with E-state index < -0.39 is 0 Å². The Morgan fingerprint density at radius 3 is 2.70 bits per heavy atom. The summed E-state index contributed by atoms with van der Waals surface area (Å²) in [5.41, 5.74) is 0.986. The van der Waals surface area contributed by atoms with Crippen LogP contribution in [0.15, 0.2) is 6.07 Å². The van der Waals surface area contributed by atoms with E-state index in [0.29, 0.717) is 18.5 Å². The summed E-state index contributed by atoms with van der Waals surface area (Å²) >= 11 is 0. The highest BCUT2D eigenvalue weighted by atomic mass is 16.5. The second kappa shape index (κ2) is 8.74. The van der Waals surface area contributed by atoms with E-state index in [0.717, 1.165) is 37.6 Å². The Balaban J connectivity index is 2.89. The van der Waals surface area contributed by atoms with Crippen molar-refractivity contribution in [2.75, 3.05) is 43.6 Å². The van der Waals surface area contributed by atoms with Gasteiger partial charge in [-0.3, -0.25) is 0 Å². The lowest BCUT2D eigenvalue weighted by molar-refractivity contribution is 0.204. The van der Waals surface area contributed by atoms with Crippen LogP contribution in [0.4, 0.5) is 11.8 Å². The molecule has 0 radical (unpaired) electrons. The molecule has 114 valence electrons. The van der Waals surface area contributed by atoms with Gasteiger partial charge in [-0.05, 0) is 19.3 Å². The highest BCUT2D eigenvalue weighted by molar-refractivity contribution is 5.44. The second-order valence-corrected chi connectivity index (χ2v) is 5.45. The zero-order valence-corrected chi connectivity index (χ0v) is 13.4. The molecule has 1 aromatic heterocycles. The Hall–Kier alpha value is -1.36. The lowest BCUT2D eigenvalue weighted by atomic mass is 10.2. The SMILES string of the molecule is CCCNc1nc(C)cc(N(CCOC)CC(C)C)n1. The first-order valence-electron chi connectivity index (χ1n) is 7.40. The van der Waals surface area contributed by atoms with Crippen LogP contribution in [0.1, 0.15) is 32.9 Å². The summed E-state index contributed by atoms with van der Waals surface area (Å²) in [7, 11) is 1.73. The smallest absolute Gasteiger partial charge is 0.224 e. The fourth-order valence-electron chi connectivity index (χ4n) is 1.97. The maximum absolute atomic E-state index is 5.20. The largest absolute Gasteiger partial charge is 0.383 e. The minimum absolute atomic E-state index is 0.578. The van der Waals surface area contributed by atoms with Crippen LogP contribution in [0.25, 0.3) is 0 Å². The zero-order chi connectivity index (χ0) is 15.0. The van der Waals surface area contributed by atoms with Gasteiger partial charge in [0.1, 0.15) is 5.82 Å². The molecule has 0 saturated carbocycles. The van der Waals surface area contributed by atoms with E-state index in [1.165, 1.54) is 0 Å². The van der Waals surface area contributed by atoms with Gasteiger partial charge in [0.2, 0.25) is 5.95 Å². The second-order valence-electron chi connectivity index (χ2n) is 5.45. The fourth-order valence-corrected chi connectivity index (χ4v) is 1.97. The van der Waals surface area contributed by atoms with Gasteiger partial charge < -0.3 is 15.0 Å². The van der Waals surface area contributed by atoms with Gasteiger partial charge in [-0.15, -0.1) is 0 Å². The molecule has 0 atom stereocenters. The molecule has 5 heteroatoms. The normalized spacial score (nSPS) is 10.9. The number of hydrogen-bond donors (Lipinski definition) is 1. The Bertz CT molecular complexity index is 395. The lowest BCUT2D eigenvalue weighted by Crippen LogP contribution is -2.32. The summed E-state index contributed by atoms with van der Waals surface area (Å²) in [6.07, 6.45) is 1.06. The maximum atomic E-state index is 5.20. The summed E-state index contributed by atoms with van der Waals surface area (Å²) in [5, 5.41) is 3.26. The third-order valence-electron chi connectivity index (χ3n) is 2.85. The first-order chi connectivity index (χ1) is 9.56. The molecule has 5 nitrogen and oxygen atoms in total. The van der Waals surface area contributed by atoms with Crippen molar-refractivity contribution in [1.29, 1.82) is 0 Å².